The lowest BCUT2D eigenvalue weighted by Crippen LogP contribution is -1.73. The van der Waals surface area contributed by atoms with Crippen LogP contribution in [0.2, 0.25) is 0 Å². The van der Waals surface area contributed by atoms with Gasteiger partial charge in [-0.2, -0.15) is 0 Å². The first-order valence-corrected chi connectivity index (χ1v) is 12.8. The SMILES string of the molecule is CCc1ccccc1.CCc1ccccc1.Cc1ccccc1.Cc1ccccc1.c1ccccc1. The molecular formula is C36H42. The Balaban J connectivity index is 0.000000226. The van der Waals surface area contributed by atoms with Gasteiger partial charge in [0.2, 0.25) is 0 Å². The summed E-state index contributed by atoms with van der Waals surface area (Å²) < 4.78 is 0. The molecule has 0 N–H and O–H groups in total. The molecule has 0 aliphatic rings. The Morgan fingerprint density at radius 2 is 0.500 bits per heavy atom. The molecule has 0 spiro atoms. The van der Waals surface area contributed by atoms with Crippen LogP contribution in [0.3, 0.4) is 0 Å². The van der Waals surface area contributed by atoms with Gasteiger partial charge in [-0.3, -0.25) is 0 Å². The molecule has 0 fully saturated rings. The van der Waals surface area contributed by atoms with Crippen molar-refractivity contribution in [1.29, 1.82) is 0 Å². The molecule has 0 heterocycles. The first-order valence-electron chi connectivity index (χ1n) is 12.8. The van der Waals surface area contributed by atoms with Gasteiger partial charge in [0, 0.05) is 0 Å². The van der Waals surface area contributed by atoms with Crippen molar-refractivity contribution in [3.8, 4) is 0 Å². The lowest BCUT2D eigenvalue weighted by atomic mass is 10.2. The molecular weight excluding hydrogens is 432 g/mol. The average molecular weight is 475 g/mol. The molecule has 5 aromatic carbocycles. The minimum Gasteiger partial charge on any atom is -0.0623 e. The lowest BCUT2D eigenvalue weighted by Gasteiger charge is -1.89. The quantitative estimate of drug-likeness (QED) is 0.239. The van der Waals surface area contributed by atoms with Crippen LogP contribution in [0.1, 0.15) is 36.1 Å². The highest BCUT2D eigenvalue weighted by atomic mass is 13.9. The van der Waals surface area contributed by atoms with E-state index in [0.29, 0.717) is 0 Å². The van der Waals surface area contributed by atoms with Crippen LogP contribution in [0.25, 0.3) is 0 Å². The minimum atomic E-state index is 1.14. The summed E-state index contributed by atoms with van der Waals surface area (Å²) in [6, 6.07) is 53.4. The number of hydrogen-bond donors (Lipinski definition) is 0. The maximum absolute atomic E-state index is 2.16. The molecule has 0 amide bonds. The monoisotopic (exact) mass is 474 g/mol. The van der Waals surface area contributed by atoms with Gasteiger partial charge in [-0.15, -0.1) is 0 Å². The Morgan fingerprint density at radius 1 is 0.306 bits per heavy atom. The van der Waals surface area contributed by atoms with Crippen LogP contribution in [0, 0.1) is 13.8 Å². The smallest absolute Gasteiger partial charge is 0.0307 e. The zero-order valence-corrected chi connectivity index (χ0v) is 22.4. The topological polar surface area (TPSA) is 0 Å². The minimum absolute atomic E-state index is 1.14. The Bertz CT molecular complexity index is 968. The third kappa shape index (κ3) is 17.6. The van der Waals surface area contributed by atoms with Crippen LogP contribution >= 0.6 is 0 Å². The van der Waals surface area contributed by atoms with E-state index in [1.807, 2.05) is 84.9 Å². The molecule has 0 unspecified atom stereocenters. The fourth-order valence-electron chi connectivity index (χ4n) is 2.88. The van der Waals surface area contributed by atoms with E-state index in [2.05, 4.69) is 100 Å². The molecule has 0 radical (unpaired) electrons. The number of rotatable bonds is 2. The summed E-state index contributed by atoms with van der Waals surface area (Å²) in [6.45, 7) is 8.49. The van der Waals surface area contributed by atoms with E-state index in [-0.39, 0.29) is 0 Å². The van der Waals surface area contributed by atoms with Gasteiger partial charge in [0.15, 0.2) is 0 Å². The zero-order valence-electron chi connectivity index (χ0n) is 22.4. The van der Waals surface area contributed by atoms with Gasteiger partial charge in [0.1, 0.15) is 0 Å². The van der Waals surface area contributed by atoms with Crippen molar-refractivity contribution in [2.24, 2.45) is 0 Å². The third-order valence-corrected chi connectivity index (χ3v) is 5.05. The van der Waals surface area contributed by atoms with Crippen LogP contribution in [0.5, 0.6) is 0 Å². The fraction of sp³-hybridized carbons (Fsp3) is 0.167. The zero-order chi connectivity index (χ0) is 26.1. The van der Waals surface area contributed by atoms with Crippen LogP contribution in [0.15, 0.2) is 158 Å². The standard InChI is InChI=1S/2C8H10.2C7H8.C6H6/c2*1-2-8-6-4-3-5-7-8;2*1-7-5-3-2-4-6-7;1-2-4-6-5-3-1/h2*3-7H,2H2,1H3;2*2-6H,1H3;1-6H. The molecule has 0 aromatic heterocycles. The Labute approximate surface area is 220 Å². The highest BCUT2D eigenvalue weighted by molar-refractivity contribution is 5.15. The van der Waals surface area contributed by atoms with Crippen molar-refractivity contribution in [2.45, 2.75) is 40.5 Å². The summed E-state index contributed by atoms with van der Waals surface area (Å²) in [6.07, 6.45) is 2.28. The summed E-state index contributed by atoms with van der Waals surface area (Å²) in [5.41, 5.74) is 5.46. The van der Waals surface area contributed by atoms with Crippen molar-refractivity contribution >= 4 is 0 Å². The maximum atomic E-state index is 2.16. The Hall–Kier alpha value is -3.90. The van der Waals surface area contributed by atoms with Crippen molar-refractivity contribution in [3.05, 3.63) is 180 Å². The van der Waals surface area contributed by atoms with Crippen LogP contribution < -0.4 is 0 Å². The maximum Gasteiger partial charge on any atom is -0.0307 e. The van der Waals surface area contributed by atoms with Gasteiger partial charge in [-0.25, -0.2) is 0 Å². The van der Waals surface area contributed by atoms with Crippen LogP contribution in [-0.2, 0) is 12.8 Å². The number of aryl methyl sites for hydroxylation is 4. The first-order chi connectivity index (χ1) is 17.7. The molecule has 5 aromatic rings. The molecule has 0 nitrogen and oxygen atoms in total. The summed E-state index contributed by atoms with van der Waals surface area (Å²) in [5, 5.41) is 0. The van der Waals surface area contributed by atoms with Gasteiger partial charge in [-0.05, 0) is 37.8 Å². The summed E-state index contributed by atoms with van der Waals surface area (Å²) in [5.74, 6) is 0. The van der Waals surface area contributed by atoms with E-state index < -0.39 is 0 Å². The second-order valence-corrected chi connectivity index (χ2v) is 8.14. The fourth-order valence-corrected chi connectivity index (χ4v) is 2.88. The van der Waals surface area contributed by atoms with E-state index in [1.165, 1.54) is 22.3 Å². The molecule has 0 heteroatoms. The predicted molar refractivity (Wildman–Crippen MR) is 160 cm³/mol. The molecule has 0 aliphatic carbocycles. The van der Waals surface area contributed by atoms with Gasteiger partial charge in [0.25, 0.3) is 0 Å². The lowest BCUT2D eigenvalue weighted by molar-refractivity contribution is 1.14. The van der Waals surface area contributed by atoms with E-state index >= 15 is 0 Å². The normalized spacial score (nSPS) is 8.78. The first kappa shape index (κ1) is 30.1. The molecule has 186 valence electrons. The van der Waals surface area contributed by atoms with E-state index in [0.717, 1.165) is 12.8 Å². The highest BCUT2D eigenvalue weighted by Gasteiger charge is 1.80. The van der Waals surface area contributed by atoms with Crippen LogP contribution in [0.4, 0.5) is 0 Å². The molecule has 0 bridgehead atoms. The van der Waals surface area contributed by atoms with Crippen molar-refractivity contribution in [1.82, 2.24) is 0 Å². The van der Waals surface area contributed by atoms with Crippen molar-refractivity contribution in [2.75, 3.05) is 0 Å². The molecule has 36 heavy (non-hydrogen) atoms. The van der Waals surface area contributed by atoms with E-state index in [1.54, 1.807) is 0 Å². The number of hydrogen-bond acceptors (Lipinski definition) is 0. The number of benzene rings is 5. The highest BCUT2D eigenvalue weighted by Crippen LogP contribution is 1.98. The second kappa shape index (κ2) is 21.6. The molecule has 0 atom stereocenters. The molecule has 5 rings (SSSR count). The largest absolute Gasteiger partial charge is 0.0623 e. The Morgan fingerprint density at radius 3 is 0.639 bits per heavy atom. The van der Waals surface area contributed by atoms with E-state index in [4.69, 9.17) is 0 Å². The third-order valence-electron chi connectivity index (χ3n) is 5.05. The van der Waals surface area contributed by atoms with Gasteiger partial charge >= 0.3 is 0 Å². The van der Waals surface area contributed by atoms with Crippen LogP contribution in [-0.4, -0.2) is 0 Å². The summed E-state index contributed by atoms with van der Waals surface area (Å²) in [7, 11) is 0. The second-order valence-electron chi connectivity index (χ2n) is 8.14. The Kier molecular flexibility index (Phi) is 18.1. The molecule has 0 saturated carbocycles. The van der Waals surface area contributed by atoms with Gasteiger partial charge in [-0.1, -0.05) is 183 Å². The van der Waals surface area contributed by atoms with Crippen molar-refractivity contribution < 1.29 is 0 Å². The average Bonchev–Trinajstić information content (AvgIpc) is 2.97. The van der Waals surface area contributed by atoms with E-state index in [9.17, 15) is 0 Å². The predicted octanol–water partition coefficient (Wildman–Crippen LogP) is 10.2. The van der Waals surface area contributed by atoms with Gasteiger partial charge in [0.05, 0.1) is 0 Å². The van der Waals surface area contributed by atoms with Gasteiger partial charge < -0.3 is 0 Å². The molecule has 0 aliphatic heterocycles. The molecule has 0 saturated heterocycles. The summed E-state index contributed by atoms with van der Waals surface area (Å²) in [4.78, 5) is 0. The van der Waals surface area contributed by atoms with Crippen molar-refractivity contribution in [3.63, 3.8) is 0 Å². The summed E-state index contributed by atoms with van der Waals surface area (Å²) >= 11 is 0.